The van der Waals surface area contributed by atoms with E-state index in [2.05, 4.69) is 10.6 Å². The van der Waals surface area contributed by atoms with Crippen LogP contribution in [0.3, 0.4) is 0 Å². The normalized spacial score (nSPS) is 20.5. The Hall–Kier alpha value is -3.21. The number of carbonyl (C=O) groups is 2. The van der Waals surface area contributed by atoms with E-state index in [0.29, 0.717) is 24.7 Å². The van der Waals surface area contributed by atoms with E-state index in [9.17, 15) is 9.59 Å². The summed E-state index contributed by atoms with van der Waals surface area (Å²) in [5, 5.41) is 22.6. The summed E-state index contributed by atoms with van der Waals surface area (Å²) < 4.78 is 0. The largest absolute Gasteiger partial charge is 0.345 e. The Morgan fingerprint density at radius 1 is 1.35 bits per heavy atom. The van der Waals surface area contributed by atoms with Crippen LogP contribution in [0.25, 0.3) is 0 Å². The van der Waals surface area contributed by atoms with Gasteiger partial charge in [-0.05, 0) is 44.5 Å². The molecule has 0 spiro atoms. The number of nitrogens with two attached hydrogens (primary N) is 1. The van der Waals surface area contributed by atoms with Crippen LogP contribution in [0.4, 0.5) is 11.4 Å². The smallest absolute Gasteiger partial charge is 0.272 e. The molecule has 6 N–H and O–H groups in total. The van der Waals surface area contributed by atoms with Gasteiger partial charge in [-0.1, -0.05) is 23.7 Å². The van der Waals surface area contributed by atoms with E-state index in [1.54, 1.807) is 18.2 Å². The number of amides is 2. The first-order valence-corrected chi connectivity index (χ1v) is 11.5. The fourth-order valence-corrected chi connectivity index (χ4v) is 4.54. The number of allylic oxidation sites excluding steroid dienone is 1. The minimum atomic E-state index is -0.781. The SMILES string of the molecule is CNC/C=C/C(=O)N1CCCC[C@@H](N2c3c(Cl)cccc3NC2N(N)C(=O)/C(C=N)=C/C=N)C1. The maximum Gasteiger partial charge on any atom is 0.272 e. The van der Waals surface area contributed by atoms with Crippen molar-refractivity contribution in [2.45, 2.75) is 31.6 Å². The topological polar surface area (TPSA) is 142 Å². The van der Waals surface area contributed by atoms with Gasteiger partial charge in [-0.2, -0.15) is 0 Å². The quantitative estimate of drug-likeness (QED) is 0.125. The summed E-state index contributed by atoms with van der Waals surface area (Å²) in [5.74, 6) is 5.62. The zero-order chi connectivity index (χ0) is 24.7. The number of rotatable bonds is 8. The molecule has 0 bridgehead atoms. The van der Waals surface area contributed by atoms with Crippen molar-refractivity contribution in [3.63, 3.8) is 0 Å². The number of benzene rings is 1. The van der Waals surface area contributed by atoms with E-state index in [0.717, 1.165) is 48.1 Å². The van der Waals surface area contributed by atoms with Crippen molar-refractivity contribution >= 4 is 47.2 Å². The second-order valence-electron chi connectivity index (χ2n) is 8.10. The van der Waals surface area contributed by atoms with E-state index in [4.69, 9.17) is 28.3 Å². The fourth-order valence-electron chi connectivity index (χ4n) is 4.27. The molecule has 0 saturated carbocycles. The zero-order valence-corrected chi connectivity index (χ0v) is 19.9. The molecule has 2 atom stereocenters. The first kappa shape index (κ1) is 25.4. The number of carbonyl (C=O) groups excluding carboxylic acids is 2. The van der Waals surface area contributed by atoms with Crippen LogP contribution >= 0.6 is 11.6 Å². The lowest BCUT2D eigenvalue weighted by molar-refractivity contribution is -0.129. The fraction of sp³-hybridized carbons (Fsp3) is 0.391. The highest BCUT2D eigenvalue weighted by atomic mass is 35.5. The Bertz CT molecular complexity index is 995. The van der Waals surface area contributed by atoms with Gasteiger partial charge in [-0.3, -0.25) is 9.59 Å². The van der Waals surface area contributed by atoms with Gasteiger partial charge in [-0.15, -0.1) is 0 Å². The molecule has 34 heavy (non-hydrogen) atoms. The number of hydrogen-bond acceptors (Lipinski definition) is 8. The third-order valence-corrected chi connectivity index (χ3v) is 6.20. The van der Waals surface area contributed by atoms with Crippen molar-refractivity contribution in [1.29, 1.82) is 10.8 Å². The van der Waals surface area contributed by atoms with Gasteiger partial charge in [0, 0.05) is 38.1 Å². The lowest BCUT2D eigenvalue weighted by Gasteiger charge is -2.39. The molecule has 11 heteroatoms. The Morgan fingerprint density at radius 2 is 2.15 bits per heavy atom. The van der Waals surface area contributed by atoms with E-state index >= 15 is 0 Å². The third kappa shape index (κ3) is 5.46. The second kappa shape index (κ2) is 11.8. The summed E-state index contributed by atoms with van der Waals surface area (Å²) in [6, 6.07) is 5.29. The number of likely N-dealkylation sites (N-methyl/N-ethyl adjacent to an activating group) is 1. The van der Waals surface area contributed by atoms with Crippen molar-refractivity contribution in [3.8, 4) is 0 Å². The average Bonchev–Trinajstić information content (AvgIpc) is 3.06. The van der Waals surface area contributed by atoms with Crippen molar-refractivity contribution in [3.05, 3.63) is 47.0 Å². The lowest BCUT2D eigenvalue weighted by Crippen LogP contribution is -2.60. The molecule has 1 aromatic rings. The molecule has 2 heterocycles. The van der Waals surface area contributed by atoms with Crippen LogP contribution in [0.1, 0.15) is 19.3 Å². The number of hydrazine groups is 1. The Kier molecular flexibility index (Phi) is 8.80. The highest BCUT2D eigenvalue weighted by Crippen LogP contribution is 2.43. The highest BCUT2D eigenvalue weighted by Gasteiger charge is 2.41. The molecule has 1 saturated heterocycles. The van der Waals surface area contributed by atoms with Crippen LogP contribution < -0.4 is 21.4 Å². The Balaban J connectivity index is 1.95. The summed E-state index contributed by atoms with van der Waals surface area (Å²) >= 11 is 6.60. The maximum atomic E-state index is 13.0. The molecule has 0 aliphatic carbocycles. The van der Waals surface area contributed by atoms with Crippen molar-refractivity contribution in [2.24, 2.45) is 5.84 Å². The highest BCUT2D eigenvalue weighted by molar-refractivity contribution is 6.34. The standard InChI is InChI=1S/C23H31ClN8O2/c1-28-12-5-9-20(33)30-13-3-2-6-17(15-30)31-21-18(24)7-4-8-19(21)29-23(31)32(27)22(34)16(14-26)10-11-25/h4-5,7-11,14,17,23,25-26,28-29H,2-3,6,12-13,15,27H2,1H3/b9-5+,16-10+,25-11?,26-14?/t17-,23?/m1/s1. The van der Waals surface area contributed by atoms with Gasteiger partial charge in [0.05, 0.1) is 28.0 Å². The predicted molar refractivity (Wildman–Crippen MR) is 135 cm³/mol. The zero-order valence-electron chi connectivity index (χ0n) is 19.1. The summed E-state index contributed by atoms with van der Waals surface area (Å²) in [4.78, 5) is 29.6. The van der Waals surface area contributed by atoms with Gasteiger partial charge in [0.2, 0.25) is 5.91 Å². The molecule has 2 aliphatic rings. The average molecular weight is 487 g/mol. The molecular weight excluding hydrogens is 456 g/mol. The monoisotopic (exact) mass is 486 g/mol. The van der Waals surface area contributed by atoms with Gasteiger partial charge < -0.3 is 31.3 Å². The van der Waals surface area contributed by atoms with Crippen LogP contribution in [-0.2, 0) is 9.59 Å². The van der Waals surface area contributed by atoms with Gasteiger partial charge in [0.1, 0.15) is 0 Å². The molecule has 2 aliphatic heterocycles. The van der Waals surface area contributed by atoms with Gasteiger partial charge in [-0.25, -0.2) is 10.9 Å². The molecule has 1 unspecified atom stereocenters. The van der Waals surface area contributed by atoms with Crippen LogP contribution in [0.15, 0.2) is 42.0 Å². The number of hydrogen-bond donors (Lipinski definition) is 5. The summed E-state index contributed by atoms with van der Waals surface area (Å²) in [7, 11) is 1.82. The van der Waals surface area contributed by atoms with Gasteiger partial charge in [0.15, 0.2) is 6.29 Å². The predicted octanol–water partition coefficient (Wildman–Crippen LogP) is 1.94. The number of para-hydroxylation sites is 1. The Morgan fingerprint density at radius 3 is 2.85 bits per heavy atom. The minimum absolute atomic E-state index is 0.0198. The molecular formula is C23H31ClN8O2. The molecule has 1 aromatic carbocycles. The number of anilines is 2. The molecule has 3 rings (SSSR count). The molecule has 0 radical (unpaired) electrons. The summed E-state index contributed by atoms with van der Waals surface area (Å²) in [6.45, 7) is 1.69. The third-order valence-electron chi connectivity index (χ3n) is 5.89. The Labute approximate surface area is 204 Å². The number of nitrogens with one attached hydrogen (secondary N) is 4. The van der Waals surface area contributed by atoms with E-state index in [1.165, 1.54) is 6.08 Å². The summed E-state index contributed by atoms with van der Waals surface area (Å²) in [6.07, 6.45) is 8.17. The second-order valence-corrected chi connectivity index (χ2v) is 8.51. The van der Waals surface area contributed by atoms with Crippen LogP contribution in [0, 0.1) is 10.8 Å². The number of halogens is 1. The first-order valence-electron chi connectivity index (χ1n) is 11.2. The molecule has 0 aromatic heterocycles. The van der Waals surface area contributed by atoms with Crippen molar-refractivity contribution < 1.29 is 9.59 Å². The summed E-state index contributed by atoms with van der Waals surface area (Å²) in [5.41, 5.74) is 1.42. The van der Waals surface area contributed by atoms with Gasteiger partial charge >= 0.3 is 0 Å². The molecule has 10 nitrogen and oxygen atoms in total. The molecule has 182 valence electrons. The maximum absolute atomic E-state index is 13.0. The van der Waals surface area contributed by atoms with Crippen LogP contribution in [0.2, 0.25) is 5.02 Å². The van der Waals surface area contributed by atoms with Crippen LogP contribution in [0.5, 0.6) is 0 Å². The van der Waals surface area contributed by atoms with E-state index in [1.807, 2.05) is 29.0 Å². The number of nitrogens with zero attached hydrogens (tertiary/aromatic N) is 3. The van der Waals surface area contributed by atoms with Gasteiger partial charge in [0.25, 0.3) is 5.91 Å². The van der Waals surface area contributed by atoms with E-state index in [-0.39, 0.29) is 17.5 Å². The minimum Gasteiger partial charge on any atom is -0.345 e. The number of fused-ring (bicyclic) bond motifs is 1. The molecule has 1 fully saturated rings. The van der Waals surface area contributed by atoms with Crippen molar-refractivity contribution in [1.82, 2.24) is 15.2 Å². The number of likely N-dealkylation sites (tertiary alicyclic amines) is 1. The molecule has 2 amide bonds. The van der Waals surface area contributed by atoms with E-state index < -0.39 is 12.2 Å². The van der Waals surface area contributed by atoms with Crippen molar-refractivity contribution in [2.75, 3.05) is 36.9 Å². The lowest BCUT2D eigenvalue weighted by atomic mass is 10.1. The van der Waals surface area contributed by atoms with Crippen LogP contribution in [-0.4, -0.2) is 73.2 Å². The first-order chi connectivity index (χ1) is 16.4.